The molecule has 1 aromatic heterocycles. The van der Waals surface area contributed by atoms with Gasteiger partial charge in [0.15, 0.2) is 0 Å². The summed E-state index contributed by atoms with van der Waals surface area (Å²) in [6.07, 6.45) is 2.09. The van der Waals surface area contributed by atoms with Crippen molar-refractivity contribution in [3.8, 4) is 0 Å². The van der Waals surface area contributed by atoms with Crippen LogP contribution in [-0.2, 0) is 0 Å². The number of aliphatic hydroxyl groups is 1. The monoisotopic (exact) mass is 257 g/mol. The highest BCUT2D eigenvalue weighted by molar-refractivity contribution is 6.30. The first-order valence-corrected chi connectivity index (χ1v) is 6.14. The summed E-state index contributed by atoms with van der Waals surface area (Å²) >= 11 is 6.09. The van der Waals surface area contributed by atoms with E-state index < -0.39 is 0 Å². The topological polar surface area (TPSA) is 58.0 Å². The van der Waals surface area contributed by atoms with E-state index in [1.165, 1.54) is 6.33 Å². The lowest BCUT2D eigenvalue weighted by Crippen LogP contribution is -2.33. The normalized spacial score (nSPS) is 11.9. The summed E-state index contributed by atoms with van der Waals surface area (Å²) in [7, 11) is 0. The SMILES string of the molecule is CC(C)c1c(Cl)ncnc1NC(C)(C)CCO. The van der Waals surface area contributed by atoms with Crippen molar-refractivity contribution in [1.29, 1.82) is 0 Å². The van der Waals surface area contributed by atoms with E-state index in [9.17, 15) is 0 Å². The Labute approximate surface area is 107 Å². The number of aliphatic hydroxyl groups excluding tert-OH is 1. The van der Waals surface area contributed by atoms with Gasteiger partial charge in [0, 0.05) is 17.7 Å². The summed E-state index contributed by atoms with van der Waals surface area (Å²) in [5, 5.41) is 12.8. The van der Waals surface area contributed by atoms with Crippen molar-refractivity contribution >= 4 is 17.4 Å². The van der Waals surface area contributed by atoms with E-state index in [4.69, 9.17) is 16.7 Å². The molecule has 0 bridgehead atoms. The van der Waals surface area contributed by atoms with Crippen molar-refractivity contribution in [2.45, 2.75) is 45.6 Å². The summed E-state index contributed by atoms with van der Waals surface area (Å²) in [6, 6.07) is 0. The van der Waals surface area contributed by atoms with Crippen molar-refractivity contribution in [2.24, 2.45) is 0 Å². The fraction of sp³-hybridized carbons (Fsp3) is 0.667. The van der Waals surface area contributed by atoms with Gasteiger partial charge in [-0.1, -0.05) is 25.4 Å². The van der Waals surface area contributed by atoms with Crippen LogP contribution in [-0.4, -0.2) is 27.2 Å². The summed E-state index contributed by atoms with van der Waals surface area (Å²) < 4.78 is 0. The molecule has 0 radical (unpaired) electrons. The quantitative estimate of drug-likeness (QED) is 0.797. The summed E-state index contributed by atoms with van der Waals surface area (Å²) in [4.78, 5) is 8.24. The molecule has 0 amide bonds. The highest BCUT2D eigenvalue weighted by atomic mass is 35.5. The van der Waals surface area contributed by atoms with Gasteiger partial charge in [-0.3, -0.25) is 0 Å². The molecule has 0 unspecified atom stereocenters. The molecule has 96 valence electrons. The van der Waals surface area contributed by atoms with Gasteiger partial charge in [0.1, 0.15) is 17.3 Å². The molecule has 4 nitrogen and oxygen atoms in total. The van der Waals surface area contributed by atoms with Crippen LogP contribution in [0.3, 0.4) is 0 Å². The minimum atomic E-state index is -0.226. The van der Waals surface area contributed by atoms with Crippen molar-refractivity contribution in [3.63, 3.8) is 0 Å². The van der Waals surface area contributed by atoms with Gasteiger partial charge in [-0.25, -0.2) is 9.97 Å². The molecule has 0 fully saturated rings. The number of hydrogen-bond acceptors (Lipinski definition) is 4. The molecule has 0 aliphatic heterocycles. The minimum absolute atomic E-state index is 0.135. The van der Waals surface area contributed by atoms with Gasteiger partial charge >= 0.3 is 0 Å². The Bertz CT molecular complexity index is 380. The molecule has 1 rings (SSSR count). The Kier molecular flexibility index (Phi) is 4.71. The minimum Gasteiger partial charge on any atom is -0.396 e. The number of halogens is 1. The molecule has 0 aromatic carbocycles. The lowest BCUT2D eigenvalue weighted by Gasteiger charge is -2.28. The Morgan fingerprint density at radius 3 is 2.59 bits per heavy atom. The molecule has 1 heterocycles. The van der Waals surface area contributed by atoms with Crippen LogP contribution in [0.25, 0.3) is 0 Å². The van der Waals surface area contributed by atoms with E-state index in [-0.39, 0.29) is 18.1 Å². The summed E-state index contributed by atoms with van der Waals surface area (Å²) in [5.41, 5.74) is 0.691. The Hall–Kier alpha value is -0.870. The lowest BCUT2D eigenvalue weighted by atomic mass is 9.99. The molecule has 0 saturated carbocycles. The third-order valence-corrected chi connectivity index (χ3v) is 2.91. The summed E-state index contributed by atoms with van der Waals surface area (Å²) in [6.45, 7) is 8.27. The molecular weight excluding hydrogens is 238 g/mol. The second-order valence-electron chi connectivity index (χ2n) is 5.06. The van der Waals surface area contributed by atoms with Crippen LogP contribution in [0.4, 0.5) is 5.82 Å². The highest BCUT2D eigenvalue weighted by Crippen LogP contribution is 2.30. The number of aromatic nitrogens is 2. The highest BCUT2D eigenvalue weighted by Gasteiger charge is 2.21. The first-order valence-electron chi connectivity index (χ1n) is 5.77. The fourth-order valence-electron chi connectivity index (χ4n) is 1.65. The Morgan fingerprint density at radius 2 is 2.06 bits per heavy atom. The number of hydrogen-bond donors (Lipinski definition) is 2. The zero-order valence-electron chi connectivity index (χ0n) is 10.8. The number of rotatable bonds is 5. The van der Waals surface area contributed by atoms with Gasteiger partial charge in [0.25, 0.3) is 0 Å². The van der Waals surface area contributed by atoms with Crippen LogP contribution in [0.1, 0.15) is 45.6 Å². The molecule has 0 atom stereocenters. The van der Waals surface area contributed by atoms with Crippen LogP contribution in [0.2, 0.25) is 5.15 Å². The van der Waals surface area contributed by atoms with Crippen molar-refractivity contribution < 1.29 is 5.11 Å². The fourth-order valence-corrected chi connectivity index (χ4v) is 2.00. The van der Waals surface area contributed by atoms with E-state index in [1.54, 1.807) is 0 Å². The zero-order valence-corrected chi connectivity index (χ0v) is 11.5. The molecule has 17 heavy (non-hydrogen) atoms. The molecular formula is C12H20ClN3O. The van der Waals surface area contributed by atoms with Crippen LogP contribution in [0.15, 0.2) is 6.33 Å². The van der Waals surface area contributed by atoms with E-state index in [1.807, 2.05) is 13.8 Å². The van der Waals surface area contributed by atoms with Gasteiger partial charge in [-0.2, -0.15) is 0 Å². The molecule has 0 aliphatic rings. The van der Waals surface area contributed by atoms with Gasteiger partial charge in [0.05, 0.1) is 0 Å². The van der Waals surface area contributed by atoms with E-state index in [0.717, 1.165) is 11.4 Å². The second kappa shape index (κ2) is 5.65. The molecule has 1 aromatic rings. The van der Waals surface area contributed by atoms with Crippen LogP contribution in [0, 0.1) is 0 Å². The van der Waals surface area contributed by atoms with Gasteiger partial charge in [-0.05, 0) is 26.2 Å². The predicted octanol–water partition coefficient (Wildman–Crippen LogP) is 2.83. The predicted molar refractivity (Wildman–Crippen MR) is 70.5 cm³/mol. The number of anilines is 1. The maximum Gasteiger partial charge on any atom is 0.138 e. The number of nitrogens with one attached hydrogen (secondary N) is 1. The largest absolute Gasteiger partial charge is 0.396 e. The Balaban J connectivity index is 3.02. The van der Waals surface area contributed by atoms with Crippen LogP contribution < -0.4 is 5.32 Å². The van der Waals surface area contributed by atoms with E-state index in [0.29, 0.717) is 11.6 Å². The van der Waals surface area contributed by atoms with Crippen molar-refractivity contribution in [3.05, 3.63) is 17.0 Å². The van der Waals surface area contributed by atoms with Gasteiger partial charge in [0.2, 0.25) is 0 Å². The Morgan fingerprint density at radius 1 is 1.41 bits per heavy atom. The first-order chi connectivity index (χ1) is 7.87. The van der Waals surface area contributed by atoms with Gasteiger partial charge < -0.3 is 10.4 Å². The maximum atomic E-state index is 9.01. The van der Waals surface area contributed by atoms with E-state index >= 15 is 0 Å². The van der Waals surface area contributed by atoms with Crippen LogP contribution >= 0.6 is 11.6 Å². The first kappa shape index (κ1) is 14.2. The van der Waals surface area contributed by atoms with Crippen LogP contribution in [0.5, 0.6) is 0 Å². The van der Waals surface area contributed by atoms with Crippen molar-refractivity contribution in [1.82, 2.24) is 9.97 Å². The molecule has 2 N–H and O–H groups in total. The van der Waals surface area contributed by atoms with Gasteiger partial charge in [-0.15, -0.1) is 0 Å². The third kappa shape index (κ3) is 3.82. The average Bonchev–Trinajstić information content (AvgIpc) is 2.15. The van der Waals surface area contributed by atoms with E-state index in [2.05, 4.69) is 29.1 Å². The lowest BCUT2D eigenvalue weighted by molar-refractivity contribution is 0.260. The zero-order chi connectivity index (χ0) is 13.1. The number of nitrogens with zero attached hydrogens (tertiary/aromatic N) is 2. The molecule has 0 aliphatic carbocycles. The smallest absolute Gasteiger partial charge is 0.138 e. The average molecular weight is 258 g/mol. The molecule has 0 saturated heterocycles. The second-order valence-corrected chi connectivity index (χ2v) is 5.42. The molecule has 0 spiro atoms. The van der Waals surface area contributed by atoms with Crippen molar-refractivity contribution in [2.75, 3.05) is 11.9 Å². The standard InChI is InChI=1S/C12H20ClN3O/c1-8(2)9-10(13)14-7-15-11(9)16-12(3,4)5-6-17/h7-8,17H,5-6H2,1-4H3,(H,14,15,16). The maximum absolute atomic E-state index is 9.01. The third-order valence-electron chi connectivity index (χ3n) is 2.61. The molecule has 5 heteroatoms. The summed E-state index contributed by atoms with van der Waals surface area (Å²) in [5.74, 6) is 0.995.